The molecule has 5 nitrogen and oxygen atoms in total. The van der Waals surface area contributed by atoms with Crippen LogP contribution in [0.3, 0.4) is 0 Å². The van der Waals surface area contributed by atoms with Gasteiger partial charge in [-0.3, -0.25) is 4.90 Å². The molecule has 2 unspecified atom stereocenters. The number of rotatable bonds is 3. The van der Waals surface area contributed by atoms with E-state index in [9.17, 15) is 9.90 Å². The second-order valence-corrected chi connectivity index (χ2v) is 5.92. The molecule has 0 radical (unpaired) electrons. The standard InChI is InChI=1S/C12H23ClN2O3/c1-12(2,3)18-11(17)14-9-5-4-6-15(8-9)10(16)7-13/h9-10,16H,4-8H2,1-3H3,(H,14,17). The molecule has 1 amide bonds. The summed E-state index contributed by atoms with van der Waals surface area (Å²) < 4.78 is 5.21. The summed E-state index contributed by atoms with van der Waals surface area (Å²) in [6.45, 7) is 6.90. The van der Waals surface area contributed by atoms with Gasteiger partial charge in [0.05, 0.1) is 5.88 Å². The lowest BCUT2D eigenvalue weighted by atomic mass is 10.1. The zero-order chi connectivity index (χ0) is 13.8. The molecule has 6 heteroatoms. The predicted octanol–water partition coefficient (Wildman–Crippen LogP) is 1.53. The zero-order valence-corrected chi connectivity index (χ0v) is 12.0. The number of amides is 1. The van der Waals surface area contributed by atoms with Crippen molar-refractivity contribution >= 4 is 17.7 Å². The highest BCUT2D eigenvalue weighted by Crippen LogP contribution is 2.14. The Morgan fingerprint density at radius 1 is 1.61 bits per heavy atom. The first-order chi connectivity index (χ1) is 8.31. The van der Waals surface area contributed by atoms with Crippen molar-refractivity contribution in [3.8, 4) is 0 Å². The van der Waals surface area contributed by atoms with Crippen molar-refractivity contribution in [2.75, 3.05) is 19.0 Å². The molecule has 1 heterocycles. The number of aliphatic hydroxyl groups excluding tert-OH is 1. The van der Waals surface area contributed by atoms with E-state index in [2.05, 4.69) is 5.32 Å². The minimum Gasteiger partial charge on any atom is -0.444 e. The Balaban J connectivity index is 2.40. The van der Waals surface area contributed by atoms with Crippen LogP contribution in [0.15, 0.2) is 0 Å². The van der Waals surface area contributed by atoms with E-state index in [1.807, 2.05) is 25.7 Å². The number of piperidine rings is 1. The quantitative estimate of drug-likeness (QED) is 0.769. The molecule has 106 valence electrons. The number of carbonyl (C=O) groups excluding carboxylic acids is 1. The van der Waals surface area contributed by atoms with Gasteiger partial charge in [0, 0.05) is 19.1 Å². The van der Waals surface area contributed by atoms with E-state index in [0.717, 1.165) is 19.4 Å². The number of hydrogen-bond acceptors (Lipinski definition) is 4. The maximum absolute atomic E-state index is 11.6. The van der Waals surface area contributed by atoms with E-state index in [0.29, 0.717) is 6.54 Å². The van der Waals surface area contributed by atoms with Crippen LogP contribution >= 0.6 is 11.6 Å². The molecule has 2 atom stereocenters. The van der Waals surface area contributed by atoms with Crippen LogP contribution in [-0.4, -0.2) is 52.9 Å². The Hall–Kier alpha value is -0.520. The number of alkyl halides is 1. The summed E-state index contributed by atoms with van der Waals surface area (Å²) in [7, 11) is 0. The number of ether oxygens (including phenoxy) is 1. The van der Waals surface area contributed by atoms with Gasteiger partial charge in [-0.05, 0) is 33.6 Å². The van der Waals surface area contributed by atoms with Crippen LogP contribution < -0.4 is 5.32 Å². The minimum absolute atomic E-state index is 0.00599. The molecule has 1 fully saturated rings. The molecule has 18 heavy (non-hydrogen) atoms. The van der Waals surface area contributed by atoms with E-state index in [-0.39, 0.29) is 11.9 Å². The Labute approximate surface area is 113 Å². The molecule has 1 aliphatic heterocycles. The maximum atomic E-state index is 11.6. The normalized spacial score (nSPS) is 23.5. The molecule has 0 aliphatic carbocycles. The van der Waals surface area contributed by atoms with Crippen LogP contribution in [0.5, 0.6) is 0 Å². The van der Waals surface area contributed by atoms with E-state index >= 15 is 0 Å². The molecular weight excluding hydrogens is 256 g/mol. The number of alkyl carbamates (subject to hydrolysis) is 1. The summed E-state index contributed by atoms with van der Waals surface area (Å²) in [4.78, 5) is 13.5. The lowest BCUT2D eigenvalue weighted by molar-refractivity contribution is -0.00275. The van der Waals surface area contributed by atoms with Crippen LogP contribution in [0, 0.1) is 0 Å². The Kier molecular flexibility index (Phi) is 5.69. The largest absolute Gasteiger partial charge is 0.444 e. The van der Waals surface area contributed by atoms with Gasteiger partial charge in [-0.1, -0.05) is 0 Å². The highest BCUT2D eigenvalue weighted by Gasteiger charge is 2.26. The molecule has 0 spiro atoms. The highest BCUT2D eigenvalue weighted by molar-refractivity contribution is 6.18. The summed E-state index contributed by atoms with van der Waals surface area (Å²) in [6.07, 6.45) is 0.767. The molecule has 2 N–H and O–H groups in total. The van der Waals surface area contributed by atoms with Gasteiger partial charge in [0.2, 0.25) is 0 Å². The van der Waals surface area contributed by atoms with Crippen molar-refractivity contribution in [1.29, 1.82) is 0 Å². The third-order valence-corrected chi connectivity index (χ3v) is 3.01. The Bertz CT molecular complexity index is 281. The monoisotopic (exact) mass is 278 g/mol. The fourth-order valence-corrected chi connectivity index (χ4v) is 2.16. The third-order valence-electron chi connectivity index (χ3n) is 2.73. The predicted molar refractivity (Wildman–Crippen MR) is 70.7 cm³/mol. The van der Waals surface area contributed by atoms with E-state index < -0.39 is 17.9 Å². The second kappa shape index (κ2) is 6.59. The molecule has 0 bridgehead atoms. The molecular formula is C12H23ClN2O3. The van der Waals surface area contributed by atoms with E-state index in [1.165, 1.54) is 0 Å². The first kappa shape index (κ1) is 15.5. The van der Waals surface area contributed by atoms with E-state index in [4.69, 9.17) is 16.3 Å². The highest BCUT2D eigenvalue weighted by atomic mass is 35.5. The Morgan fingerprint density at radius 3 is 2.83 bits per heavy atom. The van der Waals surface area contributed by atoms with Crippen molar-refractivity contribution in [2.24, 2.45) is 0 Å². The van der Waals surface area contributed by atoms with Crippen molar-refractivity contribution in [2.45, 2.75) is 51.5 Å². The number of hydrogen-bond donors (Lipinski definition) is 2. The van der Waals surface area contributed by atoms with E-state index in [1.54, 1.807) is 0 Å². The first-order valence-corrected chi connectivity index (χ1v) is 6.83. The fraction of sp³-hybridized carbons (Fsp3) is 0.917. The molecule has 1 aliphatic rings. The topological polar surface area (TPSA) is 61.8 Å². The summed E-state index contributed by atoms with van der Waals surface area (Å²) in [5.74, 6) is 0.180. The van der Waals surface area contributed by atoms with Gasteiger partial charge in [0.1, 0.15) is 11.8 Å². The number of likely N-dealkylation sites (tertiary alicyclic amines) is 1. The first-order valence-electron chi connectivity index (χ1n) is 6.29. The zero-order valence-electron chi connectivity index (χ0n) is 11.3. The summed E-state index contributed by atoms with van der Waals surface area (Å²) in [5.41, 5.74) is -0.492. The van der Waals surface area contributed by atoms with Crippen molar-refractivity contribution in [3.63, 3.8) is 0 Å². The number of halogens is 1. The van der Waals surface area contributed by atoms with Crippen LogP contribution in [0.1, 0.15) is 33.6 Å². The van der Waals surface area contributed by atoms with Crippen LogP contribution in [0.2, 0.25) is 0 Å². The fourth-order valence-electron chi connectivity index (χ4n) is 1.97. The van der Waals surface area contributed by atoms with Crippen molar-refractivity contribution in [3.05, 3.63) is 0 Å². The third kappa shape index (κ3) is 5.42. The SMILES string of the molecule is CC(C)(C)OC(=O)NC1CCCN(C(O)CCl)C1. The summed E-state index contributed by atoms with van der Waals surface area (Å²) in [6, 6.07) is 0.00599. The lowest BCUT2D eigenvalue weighted by Gasteiger charge is -2.35. The summed E-state index contributed by atoms with van der Waals surface area (Å²) in [5, 5.41) is 12.5. The minimum atomic E-state index is -0.644. The van der Waals surface area contributed by atoms with Crippen LogP contribution in [0.4, 0.5) is 4.79 Å². The van der Waals surface area contributed by atoms with Gasteiger partial charge >= 0.3 is 6.09 Å². The molecule has 0 aromatic carbocycles. The number of carbonyl (C=O) groups is 1. The molecule has 0 saturated carbocycles. The number of nitrogens with zero attached hydrogens (tertiary/aromatic N) is 1. The second-order valence-electron chi connectivity index (χ2n) is 5.62. The summed E-state index contributed by atoms with van der Waals surface area (Å²) >= 11 is 5.62. The van der Waals surface area contributed by atoms with Crippen LogP contribution in [0.25, 0.3) is 0 Å². The van der Waals surface area contributed by atoms with Gasteiger partial charge < -0.3 is 15.2 Å². The van der Waals surface area contributed by atoms with Gasteiger partial charge in [0.25, 0.3) is 0 Å². The van der Waals surface area contributed by atoms with Gasteiger partial charge in [-0.25, -0.2) is 4.79 Å². The van der Waals surface area contributed by atoms with Gasteiger partial charge in [-0.2, -0.15) is 0 Å². The van der Waals surface area contributed by atoms with Crippen molar-refractivity contribution < 1.29 is 14.6 Å². The smallest absolute Gasteiger partial charge is 0.407 e. The van der Waals surface area contributed by atoms with Crippen LogP contribution in [-0.2, 0) is 4.74 Å². The maximum Gasteiger partial charge on any atom is 0.407 e. The lowest BCUT2D eigenvalue weighted by Crippen LogP contribution is -2.52. The molecule has 0 aromatic rings. The van der Waals surface area contributed by atoms with Gasteiger partial charge in [-0.15, -0.1) is 11.6 Å². The van der Waals surface area contributed by atoms with Gasteiger partial charge in [0.15, 0.2) is 0 Å². The average molecular weight is 279 g/mol. The molecule has 1 saturated heterocycles. The Morgan fingerprint density at radius 2 is 2.28 bits per heavy atom. The molecule has 0 aromatic heterocycles. The number of nitrogens with one attached hydrogen (secondary N) is 1. The van der Waals surface area contributed by atoms with Crippen molar-refractivity contribution in [1.82, 2.24) is 10.2 Å². The molecule has 1 rings (SSSR count). The average Bonchev–Trinajstić information content (AvgIpc) is 2.25. The number of aliphatic hydroxyl groups is 1.